The zero-order valence-corrected chi connectivity index (χ0v) is 7.42. The molecule has 0 aromatic heterocycles. The lowest BCUT2D eigenvalue weighted by Gasteiger charge is -2.19. The predicted molar refractivity (Wildman–Crippen MR) is 44.7 cm³/mol. The van der Waals surface area contributed by atoms with Crippen molar-refractivity contribution in [3.8, 4) is 0 Å². The Labute approximate surface area is 67.8 Å². The number of carboxylic acid groups (broad SMARTS) is 1. The topological polar surface area (TPSA) is 49.3 Å². The molecule has 0 aliphatic carbocycles. The van der Waals surface area contributed by atoms with Gasteiger partial charge in [-0.3, -0.25) is 0 Å². The third kappa shape index (κ3) is 4.65. The van der Waals surface area contributed by atoms with Gasteiger partial charge in [0.25, 0.3) is 0 Å². The Bertz CT molecular complexity index is 123. The lowest BCUT2D eigenvalue weighted by Crippen LogP contribution is -2.37. The van der Waals surface area contributed by atoms with Gasteiger partial charge in [-0.15, -0.1) is 0 Å². The van der Waals surface area contributed by atoms with E-state index in [4.69, 9.17) is 5.11 Å². The van der Waals surface area contributed by atoms with Crippen molar-refractivity contribution in [1.82, 2.24) is 5.32 Å². The summed E-state index contributed by atoms with van der Waals surface area (Å²) in [6, 6.07) is 0.109. The number of carbonyl (C=O) groups is 1. The Hall–Kier alpha value is -0.730. The van der Waals surface area contributed by atoms with Crippen LogP contribution in [0.2, 0.25) is 0 Å². The van der Waals surface area contributed by atoms with Crippen molar-refractivity contribution < 1.29 is 9.90 Å². The van der Waals surface area contributed by atoms with Gasteiger partial charge < -0.3 is 10.4 Å². The number of hydrogen-bond donors (Lipinski definition) is 2. The second-order valence-corrected chi connectivity index (χ2v) is 3.09. The molecular formula is C8H17NO2. The third-order valence-corrected chi connectivity index (χ3v) is 1.71. The van der Waals surface area contributed by atoms with Crippen molar-refractivity contribution in [2.24, 2.45) is 5.92 Å². The largest absolute Gasteiger partial charge is 0.465 e. The van der Waals surface area contributed by atoms with Crippen LogP contribution in [0.25, 0.3) is 0 Å². The van der Waals surface area contributed by atoms with E-state index < -0.39 is 6.09 Å². The molecule has 11 heavy (non-hydrogen) atoms. The third-order valence-electron chi connectivity index (χ3n) is 1.71. The minimum Gasteiger partial charge on any atom is -0.465 e. The molecule has 0 saturated carbocycles. The quantitative estimate of drug-likeness (QED) is 0.659. The van der Waals surface area contributed by atoms with Crippen LogP contribution in [0.5, 0.6) is 0 Å². The maximum absolute atomic E-state index is 10.3. The lowest BCUT2D eigenvalue weighted by molar-refractivity contribution is 0.184. The number of nitrogens with one attached hydrogen (secondary N) is 1. The first-order valence-electron chi connectivity index (χ1n) is 4.07. The van der Waals surface area contributed by atoms with Crippen LogP contribution in [0.4, 0.5) is 4.79 Å². The molecule has 3 heteroatoms. The van der Waals surface area contributed by atoms with E-state index in [0.717, 1.165) is 12.8 Å². The van der Waals surface area contributed by atoms with E-state index in [1.807, 2.05) is 13.8 Å². The van der Waals surface area contributed by atoms with Gasteiger partial charge in [0.15, 0.2) is 0 Å². The molecule has 0 radical (unpaired) electrons. The van der Waals surface area contributed by atoms with Crippen LogP contribution in [0, 0.1) is 5.92 Å². The average Bonchev–Trinajstić information content (AvgIpc) is 1.86. The summed E-state index contributed by atoms with van der Waals surface area (Å²) in [6.07, 6.45) is 1.02. The molecule has 0 saturated heterocycles. The molecule has 0 aliphatic heterocycles. The fraction of sp³-hybridized carbons (Fsp3) is 0.875. The van der Waals surface area contributed by atoms with Crippen LogP contribution < -0.4 is 5.32 Å². The Morgan fingerprint density at radius 3 is 2.36 bits per heavy atom. The van der Waals surface area contributed by atoms with Gasteiger partial charge in [0.2, 0.25) is 0 Å². The van der Waals surface area contributed by atoms with E-state index in [2.05, 4.69) is 12.2 Å². The maximum Gasteiger partial charge on any atom is 0.404 e. The van der Waals surface area contributed by atoms with Crippen molar-refractivity contribution >= 4 is 6.09 Å². The first-order valence-corrected chi connectivity index (χ1v) is 4.07. The molecule has 3 nitrogen and oxygen atoms in total. The van der Waals surface area contributed by atoms with Gasteiger partial charge in [-0.2, -0.15) is 0 Å². The van der Waals surface area contributed by atoms with Crippen LogP contribution in [-0.4, -0.2) is 17.2 Å². The van der Waals surface area contributed by atoms with Gasteiger partial charge in [-0.05, 0) is 12.3 Å². The zero-order valence-electron chi connectivity index (χ0n) is 7.42. The Morgan fingerprint density at radius 2 is 2.09 bits per heavy atom. The van der Waals surface area contributed by atoms with E-state index in [9.17, 15) is 4.79 Å². The highest BCUT2D eigenvalue weighted by Crippen LogP contribution is 2.07. The second-order valence-electron chi connectivity index (χ2n) is 3.09. The Morgan fingerprint density at radius 1 is 1.55 bits per heavy atom. The van der Waals surface area contributed by atoms with Gasteiger partial charge in [-0.1, -0.05) is 27.2 Å². The molecule has 0 rings (SSSR count). The lowest BCUT2D eigenvalue weighted by atomic mass is 10.00. The second kappa shape index (κ2) is 4.99. The fourth-order valence-corrected chi connectivity index (χ4v) is 1.04. The van der Waals surface area contributed by atoms with E-state index in [-0.39, 0.29) is 6.04 Å². The normalized spacial score (nSPS) is 13.1. The molecule has 0 fully saturated rings. The molecule has 0 aliphatic rings. The smallest absolute Gasteiger partial charge is 0.404 e. The van der Waals surface area contributed by atoms with Gasteiger partial charge in [0.1, 0.15) is 0 Å². The minimum absolute atomic E-state index is 0.109. The molecular weight excluding hydrogens is 142 g/mol. The molecule has 0 heterocycles. The molecule has 0 aromatic rings. The highest BCUT2D eigenvalue weighted by molar-refractivity contribution is 5.64. The van der Waals surface area contributed by atoms with E-state index >= 15 is 0 Å². The minimum atomic E-state index is -0.919. The van der Waals surface area contributed by atoms with Crippen LogP contribution in [-0.2, 0) is 0 Å². The Kier molecular flexibility index (Phi) is 4.66. The zero-order chi connectivity index (χ0) is 8.85. The summed E-state index contributed by atoms with van der Waals surface area (Å²) in [6.45, 7) is 6.10. The van der Waals surface area contributed by atoms with E-state index in [0.29, 0.717) is 5.92 Å². The summed E-state index contributed by atoms with van der Waals surface area (Å²) < 4.78 is 0. The van der Waals surface area contributed by atoms with Gasteiger partial charge in [-0.25, -0.2) is 4.79 Å². The molecule has 0 spiro atoms. The molecule has 1 atom stereocenters. The van der Waals surface area contributed by atoms with E-state index in [1.165, 1.54) is 0 Å². The summed E-state index contributed by atoms with van der Waals surface area (Å²) in [7, 11) is 0. The number of hydrogen-bond acceptors (Lipinski definition) is 1. The van der Waals surface area contributed by atoms with Crippen LogP contribution in [0.1, 0.15) is 33.6 Å². The average molecular weight is 159 g/mol. The molecule has 66 valence electrons. The summed E-state index contributed by atoms with van der Waals surface area (Å²) in [5, 5.41) is 10.9. The van der Waals surface area contributed by atoms with E-state index in [1.54, 1.807) is 0 Å². The standard InChI is InChI=1S/C8H17NO2/c1-4-5-7(6(2)3)9-8(10)11/h6-7,9H,4-5H2,1-3H3,(H,10,11). The van der Waals surface area contributed by atoms with Crippen molar-refractivity contribution in [3.05, 3.63) is 0 Å². The maximum atomic E-state index is 10.3. The van der Waals surface area contributed by atoms with Gasteiger partial charge in [0.05, 0.1) is 0 Å². The number of rotatable bonds is 4. The molecule has 1 amide bonds. The van der Waals surface area contributed by atoms with Gasteiger partial charge in [0, 0.05) is 6.04 Å². The molecule has 0 aromatic carbocycles. The highest BCUT2D eigenvalue weighted by atomic mass is 16.4. The predicted octanol–water partition coefficient (Wildman–Crippen LogP) is 2.08. The van der Waals surface area contributed by atoms with Gasteiger partial charge >= 0.3 is 6.09 Å². The van der Waals surface area contributed by atoms with Crippen molar-refractivity contribution in [1.29, 1.82) is 0 Å². The molecule has 2 N–H and O–H groups in total. The monoisotopic (exact) mass is 159 g/mol. The first-order chi connectivity index (χ1) is 5.07. The SMILES string of the molecule is CCCC(NC(=O)O)C(C)C. The van der Waals surface area contributed by atoms with Crippen LogP contribution in [0.3, 0.4) is 0 Å². The fourth-order valence-electron chi connectivity index (χ4n) is 1.04. The van der Waals surface area contributed by atoms with Crippen molar-refractivity contribution in [2.75, 3.05) is 0 Å². The summed E-state index contributed by atoms with van der Waals surface area (Å²) in [4.78, 5) is 10.3. The van der Waals surface area contributed by atoms with Crippen molar-refractivity contribution in [2.45, 2.75) is 39.7 Å². The first kappa shape index (κ1) is 10.3. The summed E-state index contributed by atoms with van der Waals surface area (Å²) >= 11 is 0. The molecule has 0 bridgehead atoms. The van der Waals surface area contributed by atoms with Crippen LogP contribution in [0.15, 0.2) is 0 Å². The molecule has 1 unspecified atom stereocenters. The summed E-state index contributed by atoms with van der Waals surface area (Å²) in [5.74, 6) is 0.381. The van der Waals surface area contributed by atoms with Crippen molar-refractivity contribution in [3.63, 3.8) is 0 Å². The highest BCUT2D eigenvalue weighted by Gasteiger charge is 2.13. The van der Waals surface area contributed by atoms with Crippen LogP contribution >= 0.6 is 0 Å². The number of amides is 1. The summed E-state index contributed by atoms with van der Waals surface area (Å²) in [5.41, 5.74) is 0. The Balaban J connectivity index is 3.79.